The Balaban J connectivity index is 1.74. The first kappa shape index (κ1) is 19.0. The fourth-order valence-corrected chi connectivity index (χ4v) is 3.67. The van der Waals surface area contributed by atoms with E-state index in [2.05, 4.69) is 0 Å². The van der Waals surface area contributed by atoms with Crippen LogP contribution in [0.3, 0.4) is 0 Å². The first-order valence-electron chi connectivity index (χ1n) is 8.84. The number of alkyl halides is 3. The maximum atomic E-state index is 12.9. The summed E-state index contributed by atoms with van der Waals surface area (Å²) in [5.74, 6) is -0.678. The van der Waals surface area contributed by atoms with Gasteiger partial charge in [-0.1, -0.05) is 12.1 Å². The predicted molar refractivity (Wildman–Crippen MR) is 97.3 cm³/mol. The number of cyclic esters (lactones) is 1. The van der Waals surface area contributed by atoms with Crippen LogP contribution in [0.2, 0.25) is 0 Å². The number of hydrogen-bond acceptors (Lipinski definition) is 4. The van der Waals surface area contributed by atoms with E-state index in [4.69, 9.17) is 9.47 Å². The van der Waals surface area contributed by atoms with Gasteiger partial charge in [0.05, 0.1) is 23.9 Å². The molecule has 29 heavy (non-hydrogen) atoms. The van der Waals surface area contributed by atoms with Crippen molar-refractivity contribution in [1.29, 1.82) is 0 Å². The van der Waals surface area contributed by atoms with E-state index in [0.29, 0.717) is 17.0 Å². The van der Waals surface area contributed by atoms with Gasteiger partial charge < -0.3 is 9.47 Å². The molecule has 2 aromatic rings. The van der Waals surface area contributed by atoms with E-state index in [9.17, 15) is 22.8 Å². The zero-order chi connectivity index (χ0) is 20.8. The van der Waals surface area contributed by atoms with Crippen molar-refractivity contribution in [3.05, 3.63) is 70.9 Å². The third kappa shape index (κ3) is 3.35. The summed E-state index contributed by atoms with van der Waals surface area (Å²) in [6, 6.07) is 11.3. The van der Waals surface area contributed by atoms with Gasteiger partial charge in [-0.3, -0.25) is 9.69 Å². The molecule has 0 radical (unpaired) electrons. The first-order chi connectivity index (χ1) is 13.8. The van der Waals surface area contributed by atoms with Gasteiger partial charge in [0.15, 0.2) is 0 Å². The summed E-state index contributed by atoms with van der Waals surface area (Å²) in [6.07, 6.45) is -4.47. The zero-order valence-electron chi connectivity index (χ0n) is 15.3. The molecule has 150 valence electrons. The van der Waals surface area contributed by atoms with Crippen LogP contribution in [0.25, 0.3) is 0 Å². The predicted octanol–water partition coefficient (Wildman–Crippen LogP) is 4.05. The molecule has 0 fully saturated rings. The topological polar surface area (TPSA) is 55.8 Å². The van der Waals surface area contributed by atoms with E-state index >= 15 is 0 Å². The van der Waals surface area contributed by atoms with Crippen LogP contribution in [0.5, 0.6) is 5.75 Å². The molecule has 0 unspecified atom stereocenters. The van der Waals surface area contributed by atoms with Crippen LogP contribution in [0.15, 0.2) is 59.8 Å². The minimum atomic E-state index is -4.47. The van der Waals surface area contributed by atoms with Crippen molar-refractivity contribution in [2.45, 2.75) is 18.5 Å². The van der Waals surface area contributed by atoms with Crippen LogP contribution >= 0.6 is 0 Å². The van der Waals surface area contributed by atoms with Crippen LogP contribution in [0.1, 0.15) is 23.5 Å². The quantitative estimate of drug-likeness (QED) is 0.726. The smallest absolute Gasteiger partial charge is 0.416 e. The molecule has 2 heterocycles. The van der Waals surface area contributed by atoms with Crippen LogP contribution in [-0.2, 0) is 20.5 Å². The van der Waals surface area contributed by atoms with Crippen LogP contribution in [0, 0.1) is 0 Å². The summed E-state index contributed by atoms with van der Waals surface area (Å²) >= 11 is 0. The Bertz CT molecular complexity index is 994. The molecule has 2 aromatic carbocycles. The number of benzene rings is 2. The highest BCUT2D eigenvalue weighted by Crippen LogP contribution is 2.42. The molecule has 0 bridgehead atoms. The van der Waals surface area contributed by atoms with E-state index < -0.39 is 23.6 Å². The molecule has 5 nitrogen and oxygen atoms in total. The second-order valence-electron chi connectivity index (χ2n) is 6.74. The summed E-state index contributed by atoms with van der Waals surface area (Å²) in [5, 5.41) is 0. The number of ether oxygens (including phenoxy) is 2. The van der Waals surface area contributed by atoms with Crippen molar-refractivity contribution >= 4 is 17.6 Å². The van der Waals surface area contributed by atoms with Gasteiger partial charge in [0.25, 0.3) is 0 Å². The van der Waals surface area contributed by atoms with Gasteiger partial charge >= 0.3 is 12.1 Å². The Labute approximate surface area is 164 Å². The van der Waals surface area contributed by atoms with E-state index in [0.717, 1.165) is 17.7 Å². The summed E-state index contributed by atoms with van der Waals surface area (Å²) in [4.78, 5) is 26.6. The molecular weight excluding hydrogens is 387 g/mol. The SMILES string of the molecule is COc1ccc([C@H]2CC(=O)N(c3ccc(C(F)(F)F)cc3)C3=C2C(=O)OC3)cc1. The molecular formula is C21H16F3NO4. The highest BCUT2D eigenvalue weighted by Gasteiger charge is 2.43. The molecule has 8 heteroatoms. The average molecular weight is 403 g/mol. The third-order valence-corrected chi connectivity index (χ3v) is 5.09. The van der Waals surface area contributed by atoms with Gasteiger partial charge in [-0.05, 0) is 42.0 Å². The average Bonchev–Trinajstić information content (AvgIpc) is 3.08. The lowest BCUT2D eigenvalue weighted by Crippen LogP contribution is -2.37. The van der Waals surface area contributed by atoms with Crippen molar-refractivity contribution in [2.75, 3.05) is 18.6 Å². The normalized spacial score (nSPS) is 19.3. The monoisotopic (exact) mass is 403 g/mol. The number of carbonyl (C=O) groups excluding carboxylic acids is 2. The Morgan fingerprint density at radius 2 is 1.69 bits per heavy atom. The standard InChI is InChI=1S/C21H16F3NO4/c1-28-15-8-2-12(3-9-15)16-10-18(26)25(17-11-29-20(27)19(16)17)14-6-4-13(5-7-14)21(22,23)24/h2-9,16H,10-11H2,1H3/t16-/m1/s1. The summed E-state index contributed by atoms with van der Waals surface area (Å²) in [7, 11) is 1.54. The van der Waals surface area contributed by atoms with E-state index in [1.54, 1.807) is 24.3 Å². The number of nitrogens with zero attached hydrogens (tertiary/aromatic N) is 1. The maximum absolute atomic E-state index is 12.9. The second kappa shape index (κ2) is 6.95. The molecule has 2 aliphatic rings. The Hall–Kier alpha value is -3.29. The van der Waals surface area contributed by atoms with Crippen molar-refractivity contribution < 1.29 is 32.2 Å². The molecule has 0 aliphatic carbocycles. The summed E-state index contributed by atoms with van der Waals surface area (Å²) in [6.45, 7) is -0.104. The zero-order valence-corrected chi connectivity index (χ0v) is 15.3. The van der Waals surface area contributed by atoms with Gasteiger partial charge in [-0.25, -0.2) is 4.79 Å². The molecule has 1 amide bonds. The van der Waals surface area contributed by atoms with Gasteiger partial charge in [-0.2, -0.15) is 13.2 Å². The van der Waals surface area contributed by atoms with Gasteiger partial charge in [0, 0.05) is 18.0 Å². The largest absolute Gasteiger partial charge is 0.497 e. The van der Waals surface area contributed by atoms with Crippen molar-refractivity contribution in [2.24, 2.45) is 0 Å². The Morgan fingerprint density at radius 1 is 1.03 bits per heavy atom. The van der Waals surface area contributed by atoms with Crippen molar-refractivity contribution in [1.82, 2.24) is 0 Å². The molecule has 4 rings (SSSR count). The lowest BCUT2D eigenvalue weighted by atomic mass is 9.84. The summed E-state index contributed by atoms with van der Waals surface area (Å²) < 4.78 is 48.8. The Morgan fingerprint density at radius 3 is 2.28 bits per heavy atom. The maximum Gasteiger partial charge on any atom is 0.416 e. The number of anilines is 1. The van der Waals surface area contributed by atoms with Crippen LogP contribution in [0.4, 0.5) is 18.9 Å². The molecule has 1 atom stereocenters. The Kier molecular flexibility index (Phi) is 4.56. The lowest BCUT2D eigenvalue weighted by molar-refractivity contribution is -0.138. The molecule has 2 aliphatic heterocycles. The summed E-state index contributed by atoms with van der Waals surface area (Å²) in [5.41, 5.74) is 0.941. The molecule has 0 spiro atoms. The third-order valence-electron chi connectivity index (χ3n) is 5.09. The van der Waals surface area contributed by atoms with Crippen molar-refractivity contribution in [3.63, 3.8) is 0 Å². The minimum Gasteiger partial charge on any atom is -0.497 e. The fraction of sp³-hybridized carbons (Fsp3) is 0.238. The number of methoxy groups -OCH3 is 1. The van der Waals surface area contributed by atoms with Crippen LogP contribution < -0.4 is 9.64 Å². The molecule has 0 saturated carbocycles. The number of esters is 1. The van der Waals surface area contributed by atoms with Gasteiger partial charge in [0.1, 0.15) is 12.4 Å². The highest BCUT2D eigenvalue weighted by molar-refractivity contribution is 6.06. The minimum absolute atomic E-state index is 0.00127. The number of hydrogen-bond donors (Lipinski definition) is 0. The second-order valence-corrected chi connectivity index (χ2v) is 6.74. The van der Waals surface area contributed by atoms with Crippen molar-refractivity contribution in [3.8, 4) is 5.75 Å². The van der Waals surface area contributed by atoms with Gasteiger partial charge in [0.2, 0.25) is 5.91 Å². The van der Waals surface area contributed by atoms with E-state index in [1.165, 1.54) is 24.1 Å². The van der Waals surface area contributed by atoms with Crippen LogP contribution in [-0.4, -0.2) is 25.6 Å². The number of halogens is 3. The van der Waals surface area contributed by atoms with E-state index in [1.807, 2.05) is 0 Å². The number of carbonyl (C=O) groups is 2. The highest BCUT2D eigenvalue weighted by atomic mass is 19.4. The van der Waals surface area contributed by atoms with E-state index in [-0.39, 0.29) is 24.6 Å². The number of amides is 1. The molecule has 0 N–H and O–H groups in total. The lowest BCUT2D eigenvalue weighted by Gasteiger charge is -2.32. The first-order valence-corrected chi connectivity index (χ1v) is 8.84. The fourth-order valence-electron chi connectivity index (χ4n) is 3.67. The van der Waals surface area contributed by atoms with Gasteiger partial charge in [-0.15, -0.1) is 0 Å². The number of rotatable bonds is 3. The molecule has 0 saturated heterocycles. The molecule has 0 aromatic heterocycles.